The number of hydrogen-bond acceptors (Lipinski definition) is 5. The molecule has 0 radical (unpaired) electrons. The maximum atomic E-state index is 10.5. The van der Waals surface area contributed by atoms with Gasteiger partial charge in [0.05, 0.1) is 19.3 Å². The van der Waals surface area contributed by atoms with E-state index in [1.807, 2.05) is 0 Å². The number of aromatic nitrogens is 1. The van der Waals surface area contributed by atoms with Crippen LogP contribution in [0.3, 0.4) is 0 Å². The summed E-state index contributed by atoms with van der Waals surface area (Å²) in [5.74, 6) is 0.153. The predicted molar refractivity (Wildman–Crippen MR) is 52.7 cm³/mol. The Morgan fingerprint density at radius 3 is 2.75 bits per heavy atom. The van der Waals surface area contributed by atoms with Gasteiger partial charge in [-0.05, 0) is 12.1 Å². The maximum absolute atomic E-state index is 10.5. The van der Waals surface area contributed by atoms with Crippen molar-refractivity contribution in [3.63, 3.8) is 0 Å². The molecule has 6 heteroatoms. The third kappa shape index (κ3) is 2.48. The SMILES string of the molecule is O=C(O)c1ccc(CNCc2ccno2)o1. The lowest BCUT2D eigenvalue weighted by Gasteiger charge is -1.98. The van der Waals surface area contributed by atoms with Crippen LogP contribution in [0.1, 0.15) is 22.1 Å². The molecule has 2 heterocycles. The fraction of sp³-hybridized carbons (Fsp3) is 0.200. The van der Waals surface area contributed by atoms with Gasteiger partial charge in [-0.15, -0.1) is 0 Å². The van der Waals surface area contributed by atoms with Crippen molar-refractivity contribution in [1.29, 1.82) is 0 Å². The largest absolute Gasteiger partial charge is 0.475 e. The summed E-state index contributed by atoms with van der Waals surface area (Å²) in [6, 6.07) is 4.79. The van der Waals surface area contributed by atoms with Gasteiger partial charge in [0.1, 0.15) is 11.5 Å². The first-order chi connectivity index (χ1) is 7.75. The molecule has 0 aliphatic heterocycles. The van der Waals surface area contributed by atoms with Crippen LogP contribution in [0, 0.1) is 0 Å². The lowest BCUT2D eigenvalue weighted by Crippen LogP contribution is -2.11. The van der Waals surface area contributed by atoms with Crippen molar-refractivity contribution < 1.29 is 18.8 Å². The molecule has 0 fully saturated rings. The van der Waals surface area contributed by atoms with E-state index in [1.54, 1.807) is 18.3 Å². The zero-order valence-electron chi connectivity index (χ0n) is 8.34. The lowest BCUT2D eigenvalue weighted by atomic mass is 10.4. The summed E-state index contributed by atoms with van der Waals surface area (Å²) < 4.78 is 9.93. The first-order valence-corrected chi connectivity index (χ1v) is 4.68. The highest BCUT2D eigenvalue weighted by Crippen LogP contribution is 2.07. The van der Waals surface area contributed by atoms with Gasteiger partial charge in [-0.1, -0.05) is 5.16 Å². The van der Waals surface area contributed by atoms with Gasteiger partial charge in [-0.25, -0.2) is 4.79 Å². The van der Waals surface area contributed by atoms with Crippen molar-refractivity contribution in [2.75, 3.05) is 0 Å². The fourth-order valence-corrected chi connectivity index (χ4v) is 1.23. The first kappa shape index (κ1) is 10.4. The number of hydrogen-bond donors (Lipinski definition) is 2. The topological polar surface area (TPSA) is 88.5 Å². The Hall–Kier alpha value is -2.08. The van der Waals surface area contributed by atoms with Gasteiger partial charge in [0.25, 0.3) is 0 Å². The van der Waals surface area contributed by atoms with Gasteiger partial charge in [-0.2, -0.15) is 0 Å². The zero-order chi connectivity index (χ0) is 11.4. The molecule has 2 aromatic heterocycles. The summed E-state index contributed by atoms with van der Waals surface area (Å²) in [5.41, 5.74) is 0. The van der Waals surface area contributed by atoms with E-state index in [4.69, 9.17) is 14.0 Å². The lowest BCUT2D eigenvalue weighted by molar-refractivity contribution is 0.0660. The van der Waals surface area contributed by atoms with Gasteiger partial charge >= 0.3 is 5.97 Å². The Balaban J connectivity index is 1.83. The smallest absolute Gasteiger partial charge is 0.371 e. The van der Waals surface area contributed by atoms with Crippen molar-refractivity contribution in [2.24, 2.45) is 0 Å². The standard InChI is InChI=1S/C10H10N2O4/c13-10(14)9-2-1-7(15-9)5-11-6-8-3-4-12-16-8/h1-4,11H,5-6H2,(H,13,14). The molecule has 0 amide bonds. The molecule has 84 valence electrons. The predicted octanol–water partition coefficient (Wildman–Crippen LogP) is 1.26. The molecule has 0 aromatic carbocycles. The minimum atomic E-state index is -1.07. The van der Waals surface area contributed by atoms with Crippen LogP contribution in [0.2, 0.25) is 0 Å². The van der Waals surface area contributed by atoms with Crippen molar-refractivity contribution in [3.05, 3.63) is 41.7 Å². The third-order valence-corrected chi connectivity index (χ3v) is 1.96. The van der Waals surface area contributed by atoms with Crippen LogP contribution >= 0.6 is 0 Å². The minimum Gasteiger partial charge on any atom is -0.475 e. The molecular formula is C10H10N2O4. The third-order valence-electron chi connectivity index (χ3n) is 1.96. The summed E-state index contributed by atoms with van der Waals surface area (Å²) in [7, 11) is 0. The molecule has 0 spiro atoms. The average molecular weight is 222 g/mol. The average Bonchev–Trinajstić information content (AvgIpc) is 2.87. The molecule has 0 bridgehead atoms. The van der Waals surface area contributed by atoms with Crippen LogP contribution in [0.5, 0.6) is 0 Å². The van der Waals surface area contributed by atoms with E-state index in [1.165, 1.54) is 6.07 Å². The maximum Gasteiger partial charge on any atom is 0.371 e. The van der Waals surface area contributed by atoms with Gasteiger partial charge in [-0.3, -0.25) is 0 Å². The number of rotatable bonds is 5. The molecule has 2 rings (SSSR count). The number of furan rings is 1. The molecule has 0 aliphatic rings. The van der Waals surface area contributed by atoms with Crippen molar-refractivity contribution in [1.82, 2.24) is 10.5 Å². The Kier molecular flexibility index (Phi) is 3.02. The van der Waals surface area contributed by atoms with Crippen LogP contribution in [0.15, 0.2) is 33.3 Å². The molecule has 0 unspecified atom stereocenters. The summed E-state index contributed by atoms with van der Waals surface area (Å²) >= 11 is 0. The molecule has 0 atom stereocenters. The number of carboxylic acids is 1. The molecule has 0 saturated heterocycles. The highest BCUT2D eigenvalue weighted by molar-refractivity contribution is 5.84. The molecule has 0 aliphatic carbocycles. The van der Waals surface area contributed by atoms with E-state index in [0.29, 0.717) is 24.6 Å². The number of aromatic carboxylic acids is 1. The van der Waals surface area contributed by atoms with Crippen LogP contribution in [-0.2, 0) is 13.1 Å². The molecule has 2 aromatic rings. The molecule has 6 nitrogen and oxygen atoms in total. The number of carbonyl (C=O) groups is 1. The second kappa shape index (κ2) is 4.63. The van der Waals surface area contributed by atoms with Gasteiger partial charge < -0.3 is 19.4 Å². The number of nitrogens with zero attached hydrogens (tertiary/aromatic N) is 1. The molecule has 2 N–H and O–H groups in total. The minimum absolute atomic E-state index is 0.0588. The monoisotopic (exact) mass is 222 g/mol. The summed E-state index contributed by atoms with van der Waals surface area (Å²) in [5, 5.41) is 15.2. The number of nitrogens with one attached hydrogen (secondary N) is 1. The van der Waals surface area contributed by atoms with Gasteiger partial charge in [0.15, 0.2) is 0 Å². The van der Waals surface area contributed by atoms with Gasteiger partial charge in [0.2, 0.25) is 5.76 Å². The second-order valence-electron chi connectivity index (χ2n) is 3.15. The van der Waals surface area contributed by atoms with Crippen molar-refractivity contribution in [3.8, 4) is 0 Å². The van der Waals surface area contributed by atoms with Crippen molar-refractivity contribution in [2.45, 2.75) is 13.1 Å². The summed E-state index contributed by atoms with van der Waals surface area (Å²) in [6.07, 6.45) is 1.56. The van der Waals surface area contributed by atoms with E-state index in [2.05, 4.69) is 10.5 Å². The van der Waals surface area contributed by atoms with E-state index >= 15 is 0 Å². The normalized spacial score (nSPS) is 10.5. The Labute approximate surface area is 90.8 Å². The Bertz CT molecular complexity index is 461. The Morgan fingerprint density at radius 1 is 1.31 bits per heavy atom. The van der Waals surface area contributed by atoms with Crippen LogP contribution < -0.4 is 5.32 Å². The summed E-state index contributed by atoms with van der Waals surface area (Å²) in [4.78, 5) is 10.5. The van der Waals surface area contributed by atoms with Crippen LogP contribution in [0.25, 0.3) is 0 Å². The first-order valence-electron chi connectivity index (χ1n) is 4.68. The fourth-order valence-electron chi connectivity index (χ4n) is 1.23. The van der Waals surface area contributed by atoms with E-state index < -0.39 is 5.97 Å². The molecular weight excluding hydrogens is 212 g/mol. The van der Waals surface area contributed by atoms with Crippen LogP contribution in [-0.4, -0.2) is 16.2 Å². The second-order valence-corrected chi connectivity index (χ2v) is 3.15. The summed E-state index contributed by atoms with van der Waals surface area (Å²) in [6.45, 7) is 0.955. The van der Waals surface area contributed by atoms with E-state index in [9.17, 15) is 4.79 Å². The highest BCUT2D eigenvalue weighted by Gasteiger charge is 2.08. The molecule has 16 heavy (non-hydrogen) atoms. The Morgan fingerprint density at radius 2 is 2.12 bits per heavy atom. The zero-order valence-corrected chi connectivity index (χ0v) is 8.34. The van der Waals surface area contributed by atoms with Crippen molar-refractivity contribution >= 4 is 5.97 Å². The molecule has 0 saturated carbocycles. The highest BCUT2D eigenvalue weighted by atomic mass is 16.5. The van der Waals surface area contributed by atoms with Gasteiger partial charge in [0, 0.05) is 6.07 Å². The quantitative estimate of drug-likeness (QED) is 0.791. The van der Waals surface area contributed by atoms with Crippen LogP contribution in [0.4, 0.5) is 0 Å². The van der Waals surface area contributed by atoms with E-state index in [-0.39, 0.29) is 5.76 Å². The number of carboxylic acid groups (broad SMARTS) is 1. The van der Waals surface area contributed by atoms with E-state index in [0.717, 1.165) is 0 Å².